The SMILES string of the molecule is Cc1ccc(NC(=O)Cc2nc(CNC(c3ccccc3)c3ccc(C)cc3)cs2)cc1. The van der Waals surface area contributed by atoms with Gasteiger partial charge in [0.15, 0.2) is 0 Å². The average Bonchev–Trinajstić information content (AvgIpc) is 3.24. The molecule has 0 aliphatic heterocycles. The van der Waals surface area contributed by atoms with Crippen LogP contribution < -0.4 is 10.6 Å². The molecule has 4 nitrogen and oxygen atoms in total. The molecule has 0 fully saturated rings. The molecule has 4 rings (SSSR count). The molecule has 0 aliphatic rings. The molecule has 0 radical (unpaired) electrons. The van der Waals surface area contributed by atoms with Crippen LogP contribution in [0.25, 0.3) is 0 Å². The normalized spacial score (nSPS) is 11.8. The van der Waals surface area contributed by atoms with Crippen LogP contribution in [0.3, 0.4) is 0 Å². The van der Waals surface area contributed by atoms with Crippen LogP contribution in [-0.2, 0) is 17.8 Å². The Kier molecular flexibility index (Phi) is 7.10. The number of anilines is 1. The Hall–Kier alpha value is -3.28. The summed E-state index contributed by atoms with van der Waals surface area (Å²) in [4.78, 5) is 17.1. The molecule has 1 atom stereocenters. The summed E-state index contributed by atoms with van der Waals surface area (Å²) in [5, 5.41) is 9.42. The molecule has 32 heavy (non-hydrogen) atoms. The van der Waals surface area contributed by atoms with Gasteiger partial charge in [-0.1, -0.05) is 77.9 Å². The van der Waals surface area contributed by atoms with Crippen LogP contribution in [0.15, 0.2) is 84.2 Å². The van der Waals surface area contributed by atoms with Crippen LogP contribution in [0.4, 0.5) is 5.69 Å². The molecule has 3 aromatic carbocycles. The quantitative estimate of drug-likeness (QED) is 0.362. The zero-order valence-corrected chi connectivity index (χ0v) is 19.2. The Morgan fingerprint density at radius 2 is 1.50 bits per heavy atom. The van der Waals surface area contributed by atoms with Crippen molar-refractivity contribution < 1.29 is 4.79 Å². The molecular weight excluding hydrogens is 414 g/mol. The summed E-state index contributed by atoms with van der Waals surface area (Å²) in [7, 11) is 0. The Morgan fingerprint density at radius 3 is 2.19 bits per heavy atom. The lowest BCUT2D eigenvalue weighted by atomic mass is 9.98. The molecule has 0 saturated carbocycles. The minimum atomic E-state index is -0.0514. The van der Waals surface area contributed by atoms with Crippen molar-refractivity contribution in [1.82, 2.24) is 10.3 Å². The van der Waals surface area contributed by atoms with E-state index in [0.717, 1.165) is 16.4 Å². The van der Waals surface area contributed by atoms with Crippen LogP contribution in [0.5, 0.6) is 0 Å². The molecule has 2 N–H and O–H groups in total. The molecule has 1 amide bonds. The van der Waals surface area contributed by atoms with Gasteiger partial charge in [-0.3, -0.25) is 4.79 Å². The average molecular weight is 442 g/mol. The summed E-state index contributed by atoms with van der Waals surface area (Å²) in [6, 6.07) is 26.9. The second-order valence-corrected chi connectivity index (χ2v) is 8.90. The predicted octanol–water partition coefficient (Wildman–Crippen LogP) is 5.82. The number of thiazole rings is 1. The van der Waals surface area contributed by atoms with Gasteiger partial charge in [0.2, 0.25) is 5.91 Å². The zero-order chi connectivity index (χ0) is 22.3. The second kappa shape index (κ2) is 10.4. The van der Waals surface area contributed by atoms with Crippen molar-refractivity contribution >= 4 is 22.9 Å². The second-order valence-electron chi connectivity index (χ2n) is 7.96. The smallest absolute Gasteiger partial charge is 0.231 e. The standard InChI is InChI=1S/C27H27N3OS/c1-19-8-12-22(13-9-19)27(21-6-4-3-5-7-21)28-17-24-18-32-26(30-24)16-25(31)29-23-14-10-20(2)11-15-23/h3-15,18,27-28H,16-17H2,1-2H3,(H,29,31). The van der Waals surface area contributed by atoms with Crippen molar-refractivity contribution in [3.8, 4) is 0 Å². The monoisotopic (exact) mass is 441 g/mol. The van der Waals surface area contributed by atoms with Gasteiger partial charge >= 0.3 is 0 Å². The molecule has 1 unspecified atom stereocenters. The minimum absolute atomic E-state index is 0.0514. The third kappa shape index (κ3) is 5.90. The maximum atomic E-state index is 12.4. The summed E-state index contributed by atoms with van der Waals surface area (Å²) in [6.45, 7) is 4.75. The Bertz CT molecular complexity index is 1150. The fourth-order valence-electron chi connectivity index (χ4n) is 3.53. The van der Waals surface area contributed by atoms with Gasteiger partial charge < -0.3 is 10.6 Å². The lowest BCUT2D eigenvalue weighted by Gasteiger charge is -2.19. The molecule has 0 bridgehead atoms. The van der Waals surface area contributed by atoms with Gasteiger partial charge in [0.25, 0.3) is 0 Å². The van der Waals surface area contributed by atoms with Crippen LogP contribution in [0.2, 0.25) is 0 Å². The van der Waals surface area contributed by atoms with E-state index >= 15 is 0 Å². The minimum Gasteiger partial charge on any atom is -0.326 e. The summed E-state index contributed by atoms with van der Waals surface area (Å²) in [5.74, 6) is -0.0514. The van der Waals surface area contributed by atoms with E-state index in [4.69, 9.17) is 0 Å². The van der Waals surface area contributed by atoms with Gasteiger partial charge in [0.05, 0.1) is 18.2 Å². The number of aryl methyl sites for hydroxylation is 2. The highest BCUT2D eigenvalue weighted by atomic mass is 32.1. The number of carbonyl (C=O) groups is 1. The maximum absolute atomic E-state index is 12.4. The number of benzene rings is 3. The fraction of sp³-hybridized carbons (Fsp3) is 0.185. The molecular formula is C27H27N3OS. The fourth-order valence-corrected chi connectivity index (χ4v) is 4.32. The van der Waals surface area contributed by atoms with E-state index in [0.29, 0.717) is 6.54 Å². The third-order valence-electron chi connectivity index (χ3n) is 5.28. The number of aromatic nitrogens is 1. The van der Waals surface area contributed by atoms with E-state index in [9.17, 15) is 4.79 Å². The summed E-state index contributed by atoms with van der Waals surface area (Å²) >= 11 is 1.52. The molecule has 1 aromatic heterocycles. The van der Waals surface area contributed by atoms with Gasteiger partial charge in [0.1, 0.15) is 5.01 Å². The molecule has 5 heteroatoms. The first-order chi connectivity index (χ1) is 15.6. The molecule has 1 heterocycles. The highest BCUT2D eigenvalue weighted by Crippen LogP contribution is 2.23. The first-order valence-electron chi connectivity index (χ1n) is 10.7. The van der Waals surface area contributed by atoms with Crippen LogP contribution in [0.1, 0.15) is 39.0 Å². The molecule has 0 aliphatic carbocycles. The molecule has 0 saturated heterocycles. The Morgan fingerprint density at radius 1 is 0.875 bits per heavy atom. The van der Waals surface area contributed by atoms with E-state index in [-0.39, 0.29) is 18.4 Å². The van der Waals surface area contributed by atoms with Crippen LogP contribution in [-0.4, -0.2) is 10.9 Å². The third-order valence-corrected chi connectivity index (χ3v) is 6.17. The summed E-state index contributed by atoms with van der Waals surface area (Å²) in [6.07, 6.45) is 0.276. The summed E-state index contributed by atoms with van der Waals surface area (Å²) < 4.78 is 0. The highest BCUT2D eigenvalue weighted by molar-refractivity contribution is 7.09. The lowest BCUT2D eigenvalue weighted by Crippen LogP contribution is -2.22. The number of hydrogen-bond acceptors (Lipinski definition) is 4. The van der Waals surface area contributed by atoms with Gasteiger partial charge in [-0.2, -0.15) is 0 Å². The largest absolute Gasteiger partial charge is 0.326 e. The molecule has 4 aromatic rings. The van der Waals surface area contributed by atoms with Crippen molar-refractivity contribution in [2.75, 3.05) is 5.32 Å². The number of carbonyl (C=O) groups excluding carboxylic acids is 1. The Balaban J connectivity index is 1.39. The highest BCUT2D eigenvalue weighted by Gasteiger charge is 2.15. The Labute approximate surface area is 193 Å². The van der Waals surface area contributed by atoms with E-state index < -0.39 is 0 Å². The van der Waals surface area contributed by atoms with Gasteiger partial charge in [0, 0.05) is 17.6 Å². The number of nitrogens with one attached hydrogen (secondary N) is 2. The van der Waals surface area contributed by atoms with Gasteiger partial charge in [-0.25, -0.2) is 4.98 Å². The van der Waals surface area contributed by atoms with Crippen LogP contribution >= 0.6 is 11.3 Å². The molecule has 0 spiro atoms. The van der Waals surface area contributed by atoms with E-state index in [1.165, 1.54) is 33.6 Å². The van der Waals surface area contributed by atoms with Crippen LogP contribution in [0, 0.1) is 13.8 Å². The first-order valence-corrected chi connectivity index (χ1v) is 11.6. The summed E-state index contributed by atoms with van der Waals surface area (Å²) in [5.41, 5.74) is 6.59. The van der Waals surface area contributed by atoms with Crippen molar-refractivity contribution in [2.24, 2.45) is 0 Å². The lowest BCUT2D eigenvalue weighted by molar-refractivity contribution is -0.115. The van der Waals surface area contributed by atoms with Gasteiger partial charge in [-0.05, 0) is 37.1 Å². The number of hydrogen-bond donors (Lipinski definition) is 2. The number of amides is 1. The molecule has 162 valence electrons. The van der Waals surface area contributed by atoms with Crippen molar-refractivity contribution in [1.29, 1.82) is 0 Å². The number of rotatable bonds is 8. The van der Waals surface area contributed by atoms with Crippen molar-refractivity contribution in [3.63, 3.8) is 0 Å². The van der Waals surface area contributed by atoms with Crippen molar-refractivity contribution in [3.05, 3.63) is 117 Å². The topological polar surface area (TPSA) is 54.0 Å². The van der Waals surface area contributed by atoms with Crippen molar-refractivity contribution in [2.45, 2.75) is 32.9 Å². The zero-order valence-electron chi connectivity index (χ0n) is 18.3. The number of nitrogens with zero attached hydrogens (tertiary/aromatic N) is 1. The van der Waals surface area contributed by atoms with E-state index in [1.54, 1.807) is 0 Å². The van der Waals surface area contributed by atoms with E-state index in [1.807, 2.05) is 42.6 Å². The van der Waals surface area contributed by atoms with E-state index in [2.05, 4.69) is 71.1 Å². The predicted molar refractivity (Wildman–Crippen MR) is 132 cm³/mol. The first kappa shape index (κ1) is 21.9. The van der Waals surface area contributed by atoms with Gasteiger partial charge in [-0.15, -0.1) is 11.3 Å². The maximum Gasteiger partial charge on any atom is 0.231 e.